The van der Waals surface area contributed by atoms with Crippen molar-refractivity contribution < 1.29 is 9.50 Å². The third-order valence-electron chi connectivity index (χ3n) is 3.39. The molecule has 1 unspecified atom stereocenters. The summed E-state index contributed by atoms with van der Waals surface area (Å²) in [6, 6.07) is 15.9. The van der Waals surface area contributed by atoms with Gasteiger partial charge in [0.2, 0.25) is 0 Å². The molecule has 3 aromatic rings. The van der Waals surface area contributed by atoms with Crippen LogP contribution in [0, 0.1) is 5.82 Å². The first-order valence-electron chi connectivity index (χ1n) is 6.62. The predicted octanol–water partition coefficient (Wildman–Crippen LogP) is 4.30. The van der Waals surface area contributed by atoms with Crippen LogP contribution in [0.25, 0.3) is 10.9 Å². The summed E-state index contributed by atoms with van der Waals surface area (Å²) in [5, 5.41) is 11.5. The van der Waals surface area contributed by atoms with E-state index in [1.807, 2.05) is 36.4 Å². The van der Waals surface area contributed by atoms with E-state index in [0.29, 0.717) is 5.69 Å². The van der Waals surface area contributed by atoms with Gasteiger partial charge in [-0.3, -0.25) is 4.98 Å². The Labute approximate surface area is 126 Å². The monoisotopic (exact) mass is 301 g/mol. The minimum absolute atomic E-state index is 0.120. The molecule has 2 aromatic carbocycles. The fourth-order valence-electron chi connectivity index (χ4n) is 2.35. The van der Waals surface area contributed by atoms with Crippen LogP contribution in [0.5, 0.6) is 0 Å². The number of pyridine rings is 1. The number of rotatable bonds is 3. The molecule has 0 aliphatic rings. The number of hydrogen-bond acceptors (Lipinski definition) is 2. The van der Waals surface area contributed by atoms with Gasteiger partial charge in [-0.2, -0.15) is 0 Å². The van der Waals surface area contributed by atoms with Crippen molar-refractivity contribution in [1.82, 2.24) is 4.98 Å². The molecule has 0 aliphatic carbocycles. The first-order chi connectivity index (χ1) is 10.1. The molecule has 0 aliphatic heterocycles. The van der Waals surface area contributed by atoms with Crippen molar-refractivity contribution in [2.24, 2.45) is 0 Å². The molecule has 0 saturated carbocycles. The van der Waals surface area contributed by atoms with E-state index < -0.39 is 11.9 Å². The molecule has 1 aromatic heterocycles. The van der Waals surface area contributed by atoms with E-state index in [1.165, 1.54) is 12.1 Å². The molecule has 0 amide bonds. The van der Waals surface area contributed by atoms with Gasteiger partial charge in [0.15, 0.2) is 0 Å². The zero-order valence-corrected chi connectivity index (χ0v) is 11.9. The Kier molecular flexibility index (Phi) is 3.86. The lowest BCUT2D eigenvalue weighted by molar-refractivity contribution is 0.172. The fraction of sp³-hybridized carbons (Fsp3) is 0.118. The largest absolute Gasteiger partial charge is 0.388 e. The van der Waals surface area contributed by atoms with Gasteiger partial charge >= 0.3 is 0 Å². The average Bonchev–Trinajstić information content (AvgIpc) is 2.47. The van der Waals surface area contributed by atoms with Crippen LogP contribution in [0.4, 0.5) is 4.39 Å². The molecule has 106 valence electrons. The molecule has 2 nitrogen and oxygen atoms in total. The number of aliphatic hydroxyl groups excluding tert-OH is 1. The number of benzene rings is 2. The summed E-state index contributed by atoms with van der Waals surface area (Å²) in [5.41, 5.74) is 1.66. The molecule has 1 heterocycles. The Bertz CT molecular complexity index is 770. The van der Waals surface area contributed by atoms with Gasteiger partial charge in [-0.05, 0) is 24.3 Å². The van der Waals surface area contributed by atoms with Crippen LogP contribution in [0.1, 0.15) is 17.4 Å². The summed E-state index contributed by atoms with van der Waals surface area (Å²) in [6.07, 6.45) is -0.807. The highest BCUT2D eigenvalue weighted by Crippen LogP contribution is 2.28. The number of para-hydroxylation sites is 1. The second kappa shape index (κ2) is 5.80. The third-order valence-corrected chi connectivity index (χ3v) is 3.72. The Morgan fingerprint density at radius 2 is 1.86 bits per heavy atom. The lowest BCUT2D eigenvalue weighted by atomic mass is 10.0. The number of aliphatic hydroxyl groups is 1. The van der Waals surface area contributed by atoms with Gasteiger partial charge in [0, 0.05) is 28.1 Å². The molecule has 0 saturated heterocycles. The molecular weight excluding hydrogens is 289 g/mol. The fourth-order valence-corrected chi connectivity index (χ4v) is 2.64. The van der Waals surface area contributed by atoms with Crippen molar-refractivity contribution >= 4 is 22.5 Å². The van der Waals surface area contributed by atoms with Gasteiger partial charge in [-0.15, -0.1) is 0 Å². The number of fused-ring (bicyclic) bond motifs is 1. The second-order valence-corrected chi connectivity index (χ2v) is 5.26. The van der Waals surface area contributed by atoms with Crippen molar-refractivity contribution in [3.8, 4) is 0 Å². The van der Waals surface area contributed by atoms with E-state index in [2.05, 4.69) is 4.98 Å². The molecule has 0 bridgehead atoms. The van der Waals surface area contributed by atoms with Crippen molar-refractivity contribution in [1.29, 1.82) is 0 Å². The maximum atomic E-state index is 13.8. The number of nitrogens with zero attached hydrogens (tertiary/aromatic N) is 1. The summed E-state index contributed by atoms with van der Waals surface area (Å²) in [7, 11) is 0. The van der Waals surface area contributed by atoms with Crippen LogP contribution in [0.3, 0.4) is 0 Å². The summed E-state index contributed by atoms with van der Waals surface area (Å²) < 4.78 is 13.8. The van der Waals surface area contributed by atoms with Crippen molar-refractivity contribution in [3.63, 3.8) is 0 Å². The molecular formula is C17H13ClFNO. The van der Waals surface area contributed by atoms with E-state index in [0.717, 1.165) is 10.9 Å². The van der Waals surface area contributed by atoms with Crippen LogP contribution in [0.15, 0.2) is 54.6 Å². The van der Waals surface area contributed by atoms with Crippen LogP contribution >= 0.6 is 11.6 Å². The minimum atomic E-state index is -1.02. The van der Waals surface area contributed by atoms with E-state index in [-0.39, 0.29) is 17.0 Å². The predicted molar refractivity (Wildman–Crippen MR) is 81.8 cm³/mol. The van der Waals surface area contributed by atoms with Gasteiger partial charge in [-0.25, -0.2) is 4.39 Å². The Balaban J connectivity index is 1.91. The zero-order valence-electron chi connectivity index (χ0n) is 11.1. The van der Waals surface area contributed by atoms with Crippen molar-refractivity contribution in [2.75, 3.05) is 0 Å². The summed E-state index contributed by atoms with van der Waals surface area (Å²) >= 11 is 5.97. The maximum Gasteiger partial charge on any atom is 0.130 e. The first-order valence-corrected chi connectivity index (χ1v) is 6.99. The van der Waals surface area contributed by atoms with Gasteiger partial charge in [0.05, 0.1) is 11.6 Å². The SMILES string of the molecule is OC(Cc1ccc2ccccc2n1)c1c(F)cccc1Cl. The van der Waals surface area contributed by atoms with E-state index in [9.17, 15) is 9.50 Å². The first kappa shape index (κ1) is 14.0. The highest BCUT2D eigenvalue weighted by Gasteiger charge is 2.17. The maximum absolute atomic E-state index is 13.8. The van der Waals surface area contributed by atoms with Crippen molar-refractivity contribution in [2.45, 2.75) is 12.5 Å². The van der Waals surface area contributed by atoms with Crippen LogP contribution in [-0.2, 0) is 6.42 Å². The Hall–Kier alpha value is -1.97. The van der Waals surface area contributed by atoms with Crippen LogP contribution in [0.2, 0.25) is 5.02 Å². The van der Waals surface area contributed by atoms with Crippen LogP contribution in [-0.4, -0.2) is 10.1 Å². The standard InChI is InChI=1S/C17H13ClFNO/c18-13-5-3-6-14(19)17(13)16(21)10-12-9-8-11-4-1-2-7-15(11)20-12/h1-9,16,21H,10H2. The molecule has 1 atom stereocenters. The number of aromatic nitrogens is 1. The van der Waals surface area contributed by atoms with E-state index in [1.54, 1.807) is 6.07 Å². The van der Waals surface area contributed by atoms with E-state index in [4.69, 9.17) is 11.6 Å². The van der Waals surface area contributed by atoms with Gasteiger partial charge in [-0.1, -0.05) is 41.9 Å². The van der Waals surface area contributed by atoms with Crippen molar-refractivity contribution in [3.05, 3.63) is 76.7 Å². The van der Waals surface area contributed by atoms with Gasteiger partial charge in [0.1, 0.15) is 5.82 Å². The molecule has 1 N–H and O–H groups in total. The number of halogens is 2. The van der Waals surface area contributed by atoms with E-state index >= 15 is 0 Å². The molecule has 21 heavy (non-hydrogen) atoms. The third kappa shape index (κ3) is 2.89. The Morgan fingerprint density at radius 1 is 1.05 bits per heavy atom. The molecule has 0 spiro atoms. The summed E-state index contributed by atoms with van der Waals surface area (Å²) in [4.78, 5) is 4.47. The normalized spacial score (nSPS) is 12.5. The van der Waals surface area contributed by atoms with Gasteiger partial charge < -0.3 is 5.11 Å². The smallest absolute Gasteiger partial charge is 0.130 e. The molecule has 0 fully saturated rings. The lowest BCUT2D eigenvalue weighted by Gasteiger charge is -2.13. The quantitative estimate of drug-likeness (QED) is 0.782. The number of hydrogen-bond donors (Lipinski definition) is 1. The lowest BCUT2D eigenvalue weighted by Crippen LogP contribution is -2.06. The highest BCUT2D eigenvalue weighted by atomic mass is 35.5. The Morgan fingerprint density at radius 3 is 2.67 bits per heavy atom. The molecule has 0 radical (unpaired) electrons. The zero-order chi connectivity index (χ0) is 14.8. The topological polar surface area (TPSA) is 33.1 Å². The average molecular weight is 302 g/mol. The minimum Gasteiger partial charge on any atom is -0.388 e. The molecule has 4 heteroatoms. The highest BCUT2D eigenvalue weighted by molar-refractivity contribution is 6.31. The summed E-state index contributed by atoms with van der Waals surface area (Å²) in [5.74, 6) is -0.504. The van der Waals surface area contributed by atoms with Crippen LogP contribution < -0.4 is 0 Å². The second-order valence-electron chi connectivity index (χ2n) is 4.85. The molecule has 3 rings (SSSR count). The summed E-state index contributed by atoms with van der Waals surface area (Å²) in [6.45, 7) is 0. The van der Waals surface area contributed by atoms with Gasteiger partial charge in [0.25, 0.3) is 0 Å².